The summed E-state index contributed by atoms with van der Waals surface area (Å²) < 4.78 is 0. The lowest BCUT2D eigenvalue weighted by Crippen LogP contribution is -2.84. The lowest BCUT2D eigenvalue weighted by atomic mass is 9.58. The third kappa shape index (κ3) is 6.17. The molecule has 2 aromatic rings. The summed E-state index contributed by atoms with van der Waals surface area (Å²) in [6.07, 6.45) is 1.42. The number of benzene rings is 2. The molecule has 1 saturated carbocycles. The number of anilines is 1. The van der Waals surface area contributed by atoms with Crippen molar-refractivity contribution in [2.75, 3.05) is 31.5 Å². The van der Waals surface area contributed by atoms with Gasteiger partial charge in [-0.15, -0.1) is 0 Å². The van der Waals surface area contributed by atoms with Crippen LogP contribution in [0.3, 0.4) is 0 Å². The van der Waals surface area contributed by atoms with Crippen molar-refractivity contribution in [1.29, 1.82) is 0 Å². The van der Waals surface area contributed by atoms with Gasteiger partial charge >= 0.3 is 6.03 Å². The van der Waals surface area contributed by atoms with E-state index in [2.05, 4.69) is 55.6 Å². The van der Waals surface area contributed by atoms with Gasteiger partial charge in [-0.2, -0.15) is 10.2 Å². The highest BCUT2D eigenvalue weighted by Gasteiger charge is 2.72. The average molecular weight is 617 g/mol. The van der Waals surface area contributed by atoms with E-state index in [-0.39, 0.29) is 29.9 Å². The van der Waals surface area contributed by atoms with E-state index in [1.165, 1.54) is 6.92 Å². The SMILES string of the molecule is CCN(CC)CCNC(=O)c1cc(C)cc(NC(=O)c2ccc(N=NC3(C(C)=O)C(=O)NC34CCC3NC(=O)NC3C4)cc2)c1. The van der Waals surface area contributed by atoms with Gasteiger partial charge in [-0.05, 0) is 94.2 Å². The number of amides is 5. The molecule has 2 saturated heterocycles. The number of aryl methyl sites for hydroxylation is 1. The number of Topliss-reactive ketones (excluding diaryl/α,β-unsaturated/α-hetero) is 1. The van der Waals surface area contributed by atoms with E-state index in [1.807, 2.05) is 6.92 Å². The Labute approximate surface area is 262 Å². The first-order valence-corrected chi connectivity index (χ1v) is 15.4. The molecule has 4 atom stereocenters. The lowest BCUT2D eigenvalue weighted by Gasteiger charge is -2.57. The third-order valence-electron chi connectivity index (χ3n) is 9.10. The predicted octanol–water partition coefficient (Wildman–Crippen LogP) is 2.83. The van der Waals surface area contributed by atoms with Gasteiger partial charge in [0.1, 0.15) is 0 Å². The molecular formula is C32H40N8O5. The molecule has 2 heterocycles. The number of β-lactam (4-membered cyclic amide) rings is 1. The van der Waals surface area contributed by atoms with Crippen LogP contribution < -0.4 is 26.6 Å². The molecule has 45 heavy (non-hydrogen) atoms. The largest absolute Gasteiger partial charge is 0.351 e. The smallest absolute Gasteiger partial charge is 0.315 e. The minimum atomic E-state index is -1.69. The minimum absolute atomic E-state index is 0.0629. The Morgan fingerprint density at radius 1 is 0.978 bits per heavy atom. The Kier molecular flexibility index (Phi) is 9.01. The maximum Gasteiger partial charge on any atom is 0.315 e. The molecule has 13 nitrogen and oxygen atoms in total. The fraction of sp³-hybridized carbons (Fsp3) is 0.469. The van der Waals surface area contributed by atoms with Gasteiger partial charge in [0.25, 0.3) is 17.7 Å². The number of azo groups is 1. The van der Waals surface area contributed by atoms with E-state index in [0.717, 1.165) is 25.2 Å². The number of carbonyl (C=O) groups is 5. The van der Waals surface area contributed by atoms with Crippen molar-refractivity contribution in [2.45, 2.75) is 70.1 Å². The maximum absolute atomic E-state index is 13.0. The first kappa shape index (κ1) is 31.8. The van der Waals surface area contributed by atoms with Crippen molar-refractivity contribution in [3.05, 3.63) is 59.2 Å². The number of nitrogens with one attached hydrogen (secondary N) is 5. The molecule has 5 amide bonds. The highest BCUT2D eigenvalue weighted by molar-refractivity contribution is 6.17. The molecule has 0 aromatic heterocycles. The van der Waals surface area contributed by atoms with Crippen molar-refractivity contribution in [1.82, 2.24) is 26.2 Å². The maximum atomic E-state index is 13.0. The van der Waals surface area contributed by atoms with E-state index in [4.69, 9.17) is 0 Å². The number of urea groups is 1. The zero-order valence-electron chi connectivity index (χ0n) is 26.0. The summed E-state index contributed by atoms with van der Waals surface area (Å²) in [5.41, 5.74) is -0.136. The summed E-state index contributed by atoms with van der Waals surface area (Å²) in [5, 5.41) is 23.0. The normalized spacial score (nSPS) is 25.3. The van der Waals surface area contributed by atoms with Crippen LogP contribution in [-0.4, -0.2) is 83.8 Å². The van der Waals surface area contributed by atoms with Crippen molar-refractivity contribution >= 4 is 40.9 Å². The Balaban J connectivity index is 1.25. The number of nitrogens with zero attached hydrogens (tertiary/aromatic N) is 3. The van der Waals surface area contributed by atoms with Crippen LogP contribution in [0.4, 0.5) is 16.2 Å². The summed E-state index contributed by atoms with van der Waals surface area (Å²) in [5.74, 6) is -1.52. The second-order valence-corrected chi connectivity index (χ2v) is 11.9. The first-order chi connectivity index (χ1) is 21.5. The van der Waals surface area contributed by atoms with Gasteiger partial charge in [-0.1, -0.05) is 13.8 Å². The highest BCUT2D eigenvalue weighted by Crippen LogP contribution is 2.47. The summed E-state index contributed by atoms with van der Waals surface area (Å²) >= 11 is 0. The Bertz CT molecular complexity index is 1530. The third-order valence-corrected chi connectivity index (χ3v) is 9.10. The van der Waals surface area contributed by atoms with E-state index in [9.17, 15) is 24.0 Å². The van der Waals surface area contributed by atoms with Crippen LogP contribution in [0.5, 0.6) is 0 Å². The van der Waals surface area contributed by atoms with Crippen LogP contribution >= 0.6 is 0 Å². The molecule has 0 bridgehead atoms. The second-order valence-electron chi connectivity index (χ2n) is 11.9. The molecule has 0 radical (unpaired) electrons. The highest BCUT2D eigenvalue weighted by atomic mass is 16.2. The second kappa shape index (κ2) is 12.8. The van der Waals surface area contributed by atoms with E-state index in [1.54, 1.807) is 42.5 Å². The number of rotatable bonds is 11. The van der Waals surface area contributed by atoms with Gasteiger partial charge in [-0.25, -0.2) is 4.79 Å². The molecule has 1 aliphatic carbocycles. The zero-order chi connectivity index (χ0) is 32.4. The minimum Gasteiger partial charge on any atom is -0.351 e. The molecule has 2 aromatic carbocycles. The number of likely N-dealkylation sites (N-methyl/N-ethyl adjacent to an activating group) is 1. The quantitative estimate of drug-likeness (QED) is 0.147. The summed E-state index contributed by atoms with van der Waals surface area (Å²) in [6.45, 7) is 10.4. The van der Waals surface area contributed by atoms with Gasteiger partial charge in [-0.3, -0.25) is 19.2 Å². The van der Waals surface area contributed by atoms with Crippen molar-refractivity contribution in [3.8, 4) is 0 Å². The first-order valence-electron chi connectivity index (χ1n) is 15.4. The predicted molar refractivity (Wildman–Crippen MR) is 168 cm³/mol. The number of fused-ring (bicyclic) bond motifs is 1. The van der Waals surface area contributed by atoms with Gasteiger partial charge in [0.15, 0.2) is 5.78 Å². The summed E-state index contributed by atoms with van der Waals surface area (Å²) in [6, 6.07) is 11.0. The molecule has 3 aliphatic rings. The number of carbonyl (C=O) groups excluding carboxylic acids is 5. The van der Waals surface area contributed by atoms with Crippen molar-refractivity contribution < 1.29 is 24.0 Å². The monoisotopic (exact) mass is 616 g/mol. The van der Waals surface area contributed by atoms with Crippen LogP contribution in [-0.2, 0) is 9.59 Å². The lowest BCUT2D eigenvalue weighted by molar-refractivity contribution is -0.155. The molecule has 4 unspecified atom stereocenters. The van der Waals surface area contributed by atoms with E-state index in [0.29, 0.717) is 48.3 Å². The number of hydrogen-bond acceptors (Lipinski definition) is 8. The molecule has 5 rings (SSSR count). The van der Waals surface area contributed by atoms with Crippen LogP contribution in [0, 0.1) is 6.92 Å². The summed E-state index contributed by atoms with van der Waals surface area (Å²) in [4.78, 5) is 65.7. The van der Waals surface area contributed by atoms with Gasteiger partial charge < -0.3 is 31.5 Å². The fourth-order valence-corrected chi connectivity index (χ4v) is 6.60. The average Bonchev–Trinajstić information content (AvgIpc) is 3.38. The molecule has 238 valence electrons. The van der Waals surface area contributed by atoms with Crippen molar-refractivity contribution in [2.24, 2.45) is 10.2 Å². The number of ketones is 1. The Morgan fingerprint density at radius 3 is 2.36 bits per heavy atom. The van der Waals surface area contributed by atoms with E-state index < -0.39 is 22.8 Å². The van der Waals surface area contributed by atoms with E-state index >= 15 is 0 Å². The van der Waals surface area contributed by atoms with Crippen molar-refractivity contribution in [3.63, 3.8) is 0 Å². The molecule has 13 heteroatoms. The van der Waals surface area contributed by atoms with Crippen LogP contribution in [0.1, 0.15) is 66.3 Å². The molecule has 5 N–H and O–H groups in total. The standard InChI is InChI=1S/C32H40N8O5/c1-5-40(6-2)14-13-33-27(42)22-15-19(3)16-24(17-22)34-28(43)21-7-9-23(10-8-21)38-39-32(20(4)41)29(44)37-31(32)12-11-25-26(18-31)36-30(45)35-25/h7-10,15-17,25-26H,5-6,11-14,18H2,1-4H3,(H,33,42)(H,34,43)(H,37,44)(H2,35,36,45). The molecular weight excluding hydrogens is 576 g/mol. The Morgan fingerprint density at radius 2 is 1.69 bits per heavy atom. The molecule has 3 fully saturated rings. The van der Waals surface area contributed by atoms with Gasteiger partial charge in [0.2, 0.25) is 5.54 Å². The zero-order valence-corrected chi connectivity index (χ0v) is 26.0. The fourth-order valence-electron chi connectivity index (χ4n) is 6.60. The summed E-state index contributed by atoms with van der Waals surface area (Å²) in [7, 11) is 0. The topological polar surface area (TPSA) is 173 Å². The van der Waals surface area contributed by atoms with Crippen LogP contribution in [0.15, 0.2) is 52.7 Å². The Hall–Kier alpha value is -4.65. The van der Waals surface area contributed by atoms with Gasteiger partial charge in [0, 0.05) is 29.9 Å². The van der Waals surface area contributed by atoms with Crippen LogP contribution in [0.2, 0.25) is 0 Å². The molecule has 2 aliphatic heterocycles. The molecule has 1 spiro atoms. The van der Waals surface area contributed by atoms with Crippen LogP contribution in [0.25, 0.3) is 0 Å². The number of hydrogen-bond donors (Lipinski definition) is 5. The van der Waals surface area contributed by atoms with Gasteiger partial charge in [0.05, 0.1) is 23.3 Å².